The third kappa shape index (κ3) is 9.57. The molecule has 0 saturated carbocycles. The number of aliphatic imine (C=N–C) groups is 1. The zero-order valence-corrected chi connectivity index (χ0v) is 18.6. The summed E-state index contributed by atoms with van der Waals surface area (Å²) >= 11 is 0. The molecule has 1 aromatic rings. The minimum absolute atomic E-state index is 0. The van der Waals surface area contributed by atoms with Crippen LogP contribution in [0.4, 0.5) is 4.39 Å². The fourth-order valence-electron chi connectivity index (χ4n) is 2.55. The Labute approximate surface area is 178 Å². The summed E-state index contributed by atoms with van der Waals surface area (Å²) in [7, 11) is 0. The van der Waals surface area contributed by atoms with Crippen LogP contribution in [0.1, 0.15) is 27.2 Å². The fraction of sp³-hybridized carbons (Fsp3) is 0.632. The average molecular weight is 495 g/mol. The number of rotatable bonds is 9. The van der Waals surface area contributed by atoms with Crippen molar-refractivity contribution in [2.75, 3.05) is 32.9 Å². The summed E-state index contributed by atoms with van der Waals surface area (Å²) < 4.78 is 30.1. The van der Waals surface area contributed by atoms with Gasteiger partial charge in [-0.15, -0.1) is 24.0 Å². The highest BCUT2D eigenvalue weighted by Crippen LogP contribution is 2.13. The summed E-state index contributed by atoms with van der Waals surface area (Å²) in [6.45, 7) is 9.23. The lowest BCUT2D eigenvalue weighted by atomic mass is 10.3. The van der Waals surface area contributed by atoms with Gasteiger partial charge in [0.25, 0.3) is 0 Å². The van der Waals surface area contributed by atoms with E-state index in [0.29, 0.717) is 31.5 Å². The first kappa shape index (κ1) is 23.9. The molecule has 0 aromatic heterocycles. The lowest BCUT2D eigenvalue weighted by Crippen LogP contribution is -2.45. The second-order valence-electron chi connectivity index (χ2n) is 6.47. The van der Waals surface area contributed by atoms with Gasteiger partial charge in [-0.05, 0) is 39.3 Å². The van der Waals surface area contributed by atoms with Gasteiger partial charge < -0.3 is 24.8 Å². The molecule has 0 aliphatic carbocycles. The maximum absolute atomic E-state index is 13.2. The molecule has 6 nitrogen and oxygen atoms in total. The Hall–Kier alpha value is -1.13. The molecular weight excluding hydrogens is 464 g/mol. The molecule has 0 radical (unpaired) electrons. The molecule has 1 heterocycles. The van der Waals surface area contributed by atoms with Crippen molar-refractivity contribution in [1.82, 2.24) is 10.6 Å². The van der Waals surface area contributed by atoms with Crippen LogP contribution >= 0.6 is 24.0 Å². The Bertz CT molecular complexity index is 571. The highest BCUT2D eigenvalue weighted by molar-refractivity contribution is 14.0. The molecule has 1 aliphatic heterocycles. The molecule has 3 unspecified atom stereocenters. The lowest BCUT2D eigenvalue weighted by Gasteiger charge is -2.20. The van der Waals surface area contributed by atoms with Crippen LogP contribution in [-0.4, -0.2) is 57.1 Å². The fourth-order valence-corrected chi connectivity index (χ4v) is 2.55. The number of hydrogen-bond donors (Lipinski definition) is 2. The maximum atomic E-state index is 13.2. The van der Waals surface area contributed by atoms with Crippen LogP contribution in [0.2, 0.25) is 0 Å². The van der Waals surface area contributed by atoms with Crippen molar-refractivity contribution in [2.45, 2.75) is 45.4 Å². The topological polar surface area (TPSA) is 64.1 Å². The van der Waals surface area contributed by atoms with Gasteiger partial charge >= 0.3 is 0 Å². The summed E-state index contributed by atoms with van der Waals surface area (Å²) in [6.07, 6.45) is 0.975. The van der Waals surface area contributed by atoms with Crippen molar-refractivity contribution in [3.8, 4) is 5.75 Å². The van der Waals surface area contributed by atoms with Gasteiger partial charge in [-0.25, -0.2) is 9.38 Å². The molecule has 1 saturated heterocycles. The number of hydrogen-bond acceptors (Lipinski definition) is 4. The summed E-state index contributed by atoms with van der Waals surface area (Å²) in [4.78, 5) is 4.55. The van der Waals surface area contributed by atoms with E-state index in [2.05, 4.69) is 22.5 Å². The normalized spacial score (nSPS) is 19.1. The number of nitrogens with zero attached hydrogens (tertiary/aromatic N) is 1. The lowest BCUT2D eigenvalue weighted by molar-refractivity contribution is 0.0347. The Kier molecular flexibility index (Phi) is 11.6. The maximum Gasteiger partial charge on any atom is 0.191 e. The van der Waals surface area contributed by atoms with E-state index in [4.69, 9.17) is 14.2 Å². The van der Waals surface area contributed by atoms with Crippen LogP contribution in [-0.2, 0) is 9.47 Å². The van der Waals surface area contributed by atoms with E-state index in [1.165, 1.54) is 12.1 Å². The van der Waals surface area contributed by atoms with Crippen molar-refractivity contribution in [3.05, 3.63) is 30.1 Å². The monoisotopic (exact) mass is 495 g/mol. The van der Waals surface area contributed by atoms with E-state index in [9.17, 15) is 4.39 Å². The summed E-state index contributed by atoms with van der Waals surface area (Å²) in [5, 5.41) is 6.54. The molecule has 1 fully saturated rings. The Morgan fingerprint density at radius 3 is 2.89 bits per heavy atom. The van der Waals surface area contributed by atoms with Crippen LogP contribution in [0, 0.1) is 5.82 Å². The van der Waals surface area contributed by atoms with Crippen LogP contribution in [0.3, 0.4) is 0 Å². The minimum atomic E-state index is -0.310. The average Bonchev–Trinajstić information content (AvgIpc) is 3.12. The predicted octanol–water partition coefficient (Wildman–Crippen LogP) is 2.96. The number of ether oxygens (including phenoxy) is 3. The minimum Gasteiger partial charge on any atom is -0.489 e. The van der Waals surface area contributed by atoms with E-state index in [1.54, 1.807) is 12.1 Å². The quantitative estimate of drug-likeness (QED) is 0.314. The van der Waals surface area contributed by atoms with Gasteiger partial charge in [0.05, 0.1) is 25.9 Å². The molecule has 154 valence electrons. The van der Waals surface area contributed by atoms with Crippen molar-refractivity contribution >= 4 is 29.9 Å². The third-order valence-electron chi connectivity index (χ3n) is 3.84. The van der Waals surface area contributed by atoms with Gasteiger partial charge in [-0.3, -0.25) is 0 Å². The van der Waals surface area contributed by atoms with Crippen LogP contribution < -0.4 is 15.4 Å². The van der Waals surface area contributed by atoms with Crippen molar-refractivity contribution < 1.29 is 18.6 Å². The standard InChI is InChI=1S/C19H30FN3O3.HI/c1-4-21-19(23-14(2)12-25-18-8-9-24-13-18)22-11-15(3)26-17-7-5-6-16(20)10-17;/h5-7,10,14-15,18H,4,8-9,11-13H2,1-3H3,(H2,21,22,23);1H. The van der Waals surface area contributed by atoms with E-state index in [-0.39, 0.29) is 48.0 Å². The highest BCUT2D eigenvalue weighted by atomic mass is 127. The zero-order valence-electron chi connectivity index (χ0n) is 16.2. The Morgan fingerprint density at radius 2 is 2.22 bits per heavy atom. The SMILES string of the molecule is CCNC(=NCC(C)Oc1cccc(F)c1)NC(C)COC1CCOC1.I. The molecule has 3 atom stereocenters. The van der Waals surface area contributed by atoms with Crippen molar-refractivity contribution in [3.63, 3.8) is 0 Å². The summed E-state index contributed by atoms with van der Waals surface area (Å²) in [5.74, 6) is 0.905. The van der Waals surface area contributed by atoms with Crippen LogP contribution in [0.5, 0.6) is 5.75 Å². The van der Waals surface area contributed by atoms with Crippen molar-refractivity contribution in [1.29, 1.82) is 0 Å². The number of benzene rings is 1. The molecule has 0 spiro atoms. The van der Waals surface area contributed by atoms with E-state index < -0.39 is 0 Å². The smallest absolute Gasteiger partial charge is 0.191 e. The van der Waals surface area contributed by atoms with Gasteiger partial charge in [-0.1, -0.05) is 6.07 Å². The Balaban J connectivity index is 0.00000364. The molecule has 2 rings (SSSR count). The molecule has 8 heteroatoms. The molecule has 2 N–H and O–H groups in total. The Morgan fingerprint density at radius 1 is 1.41 bits per heavy atom. The van der Waals surface area contributed by atoms with Gasteiger partial charge in [0.1, 0.15) is 17.7 Å². The van der Waals surface area contributed by atoms with E-state index in [0.717, 1.165) is 19.6 Å². The molecule has 27 heavy (non-hydrogen) atoms. The summed E-state index contributed by atoms with van der Waals surface area (Å²) in [5.41, 5.74) is 0. The van der Waals surface area contributed by atoms with Gasteiger partial charge in [-0.2, -0.15) is 0 Å². The number of halogens is 2. The third-order valence-corrected chi connectivity index (χ3v) is 3.84. The first-order chi connectivity index (χ1) is 12.6. The van der Waals surface area contributed by atoms with E-state index >= 15 is 0 Å². The zero-order chi connectivity index (χ0) is 18.8. The van der Waals surface area contributed by atoms with E-state index in [1.807, 2.05) is 13.8 Å². The highest BCUT2D eigenvalue weighted by Gasteiger charge is 2.17. The first-order valence-corrected chi connectivity index (χ1v) is 9.23. The molecule has 0 amide bonds. The molecule has 1 aliphatic rings. The van der Waals surface area contributed by atoms with Gasteiger partial charge in [0.15, 0.2) is 5.96 Å². The number of nitrogens with one attached hydrogen (secondary N) is 2. The largest absolute Gasteiger partial charge is 0.489 e. The van der Waals surface area contributed by atoms with Crippen LogP contribution in [0.15, 0.2) is 29.3 Å². The second kappa shape index (κ2) is 13.1. The van der Waals surface area contributed by atoms with Gasteiger partial charge in [0, 0.05) is 25.3 Å². The summed E-state index contributed by atoms with van der Waals surface area (Å²) in [6, 6.07) is 6.25. The van der Waals surface area contributed by atoms with Crippen LogP contribution in [0.25, 0.3) is 0 Å². The first-order valence-electron chi connectivity index (χ1n) is 9.23. The molecule has 0 bridgehead atoms. The molecule has 1 aromatic carbocycles. The van der Waals surface area contributed by atoms with Crippen molar-refractivity contribution in [2.24, 2.45) is 4.99 Å². The number of guanidine groups is 1. The molecular formula is C19H31FIN3O3. The second-order valence-corrected chi connectivity index (χ2v) is 6.47. The van der Waals surface area contributed by atoms with Gasteiger partial charge in [0.2, 0.25) is 0 Å². The predicted molar refractivity (Wildman–Crippen MR) is 116 cm³/mol.